The van der Waals surface area contributed by atoms with Crippen LogP contribution in [-0.2, 0) is 16.6 Å². The first-order valence-corrected chi connectivity index (χ1v) is 11.6. The van der Waals surface area contributed by atoms with E-state index in [0.717, 1.165) is 37.3 Å². The van der Waals surface area contributed by atoms with E-state index in [1.165, 1.54) is 17.7 Å². The molecule has 0 N–H and O–H groups in total. The highest BCUT2D eigenvalue weighted by Gasteiger charge is 2.24. The molecule has 0 amide bonds. The van der Waals surface area contributed by atoms with Crippen molar-refractivity contribution in [1.29, 1.82) is 0 Å². The van der Waals surface area contributed by atoms with E-state index >= 15 is 0 Å². The van der Waals surface area contributed by atoms with Gasteiger partial charge in [-0.3, -0.25) is 4.90 Å². The molecule has 1 aliphatic rings. The molecule has 31 heavy (non-hydrogen) atoms. The minimum atomic E-state index is -3.97. The molecule has 7 heteroatoms. The molecule has 0 unspecified atom stereocenters. The van der Waals surface area contributed by atoms with E-state index < -0.39 is 15.8 Å². The average Bonchev–Trinajstić information content (AvgIpc) is 2.80. The zero-order valence-electron chi connectivity index (χ0n) is 17.1. The van der Waals surface area contributed by atoms with Crippen molar-refractivity contribution in [3.05, 3.63) is 102 Å². The lowest BCUT2D eigenvalue weighted by Gasteiger charge is -2.36. The van der Waals surface area contributed by atoms with Crippen molar-refractivity contribution >= 4 is 15.9 Å². The number of benzene rings is 3. The summed E-state index contributed by atoms with van der Waals surface area (Å²) in [5.41, 5.74) is 2.00. The van der Waals surface area contributed by atoms with E-state index in [4.69, 9.17) is 0 Å². The largest absolute Gasteiger partial charge is 0.353 e. The second kappa shape index (κ2) is 9.41. The van der Waals surface area contributed by atoms with Gasteiger partial charge in [-0.15, -0.1) is 4.40 Å². The zero-order chi connectivity index (χ0) is 21.7. The van der Waals surface area contributed by atoms with Gasteiger partial charge in [0.2, 0.25) is 0 Å². The molecule has 5 nitrogen and oxygen atoms in total. The third kappa shape index (κ3) is 5.37. The van der Waals surface area contributed by atoms with E-state index in [-0.39, 0.29) is 4.90 Å². The first kappa shape index (κ1) is 21.2. The molecule has 0 bridgehead atoms. The molecule has 0 aromatic heterocycles. The fraction of sp³-hybridized carbons (Fsp3) is 0.208. The molecule has 1 saturated heterocycles. The Morgan fingerprint density at radius 3 is 2.00 bits per heavy atom. The van der Waals surface area contributed by atoms with E-state index in [0.29, 0.717) is 18.9 Å². The van der Waals surface area contributed by atoms with Gasteiger partial charge in [-0.05, 0) is 29.8 Å². The number of rotatable bonds is 5. The lowest BCUT2D eigenvalue weighted by Crippen LogP contribution is -2.48. The maximum atomic E-state index is 13.2. The van der Waals surface area contributed by atoms with Crippen molar-refractivity contribution in [3.63, 3.8) is 0 Å². The van der Waals surface area contributed by atoms with Crippen molar-refractivity contribution in [2.24, 2.45) is 4.40 Å². The summed E-state index contributed by atoms with van der Waals surface area (Å²) in [6, 6.07) is 24.4. The summed E-state index contributed by atoms with van der Waals surface area (Å²) in [5.74, 6) is -0.0648. The third-order valence-electron chi connectivity index (χ3n) is 5.27. The third-order valence-corrected chi connectivity index (χ3v) is 6.55. The fourth-order valence-corrected chi connectivity index (χ4v) is 4.65. The Morgan fingerprint density at radius 1 is 0.806 bits per heavy atom. The van der Waals surface area contributed by atoms with Gasteiger partial charge in [0.1, 0.15) is 11.7 Å². The molecule has 1 aliphatic heterocycles. The molecule has 0 aliphatic carbocycles. The van der Waals surface area contributed by atoms with Gasteiger partial charge in [0.25, 0.3) is 10.0 Å². The average molecular weight is 438 g/mol. The van der Waals surface area contributed by atoms with Crippen molar-refractivity contribution < 1.29 is 12.8 Å². The lowest BCUT2D eigenvalue weighted by molar-refractivity contribution is 0.176. The maximum Gasteiger partial charge on any atom is 0.284 e. The van der Waals surface area contributed by atoms with Crippen molar-refractivity contribution in [3.8, 4) is 0 Å². The molecule has 0 saturated carbocycles. The van der Waals surface area contributed by atoms with E-state index in [2.05, 4.69) is 21.4 Å². The van der Waals surface area contributed by atoms with Gasteiger partial charge in [0.05, 0.1) is 4.90 Å². The summed E-state index contributed by atoms with van der Waals surface area (Å²) in [6.45, 7) is 3.80. The summed E-state index contributed by atoms with van der Waals surface area (Å²) >= 11 is 0. The van der Waals surface area contributed by atoms with Crippen LogP contribution in [0.5, 0.6) is 0 Å². The number of nitrogens with zero attached hydrogens (tertiary/aromatic N) is 3. The molecule has 1 heterocycles. The minimum Gasteiger partial charge on any atom is -0.353 e. The molecular weight excluding hydrogens is 413 g/mol. The Hall–Kier alpha value is -3.03. The minimum absolute atomic E-state index is 0.0231. The van der Waals surface area contributed by atoms with Crippen LogP contribution in [0.1, 0.15) is 11.1 Å². The molecule has 160 valence electrons. The molecular formula is C24H24FN3O2S. The molecule has 0 spiro atoms. The highest BCUT2D eigenvalue weighted by atomic mass is 32.2. The molecule has 0 atom stereocenters. The van der Waals surface area contributed by atoms with Crippen LogP contribution in [0.15, 0.2) is 94.2 Å². The number of hydrogen-bond donors (Lipinski definition) is 0. The molecule has 0 radical (unpaired) electrons. The SMILES string of the molecule is O=S(=O)(/N=C(\c1ccccc1)N1CCN(Cc2ccccc2)CC1)c1ccc(F)cc1. The first-order chi connectivity index (χ1) is 15.0. The fourth-order valence-electron chi connectivity index (χ4n) is 3.61. The normalized spacial score (nSPS) is 15.8. The number of piperazine rings is 1. The summed E-state index contributed by atoms with van der Waals surface area (Å²) in [5, 5.41) is 0. The van der Waals surface area contributed by atoms with E-state index in [1.807, 2.05) is 53.4 Å². The van der Waals surface area contributed by atoms with Crippen molar-refractivity contribution in [2.75, 3.05) is 26.2 Å². The van der Waals surface area contributed by atoms with Gasteiger partial charge in [-0.2, -0.15) is 8.42 Å². The van der Waals surface area contributed by atoms with Crippen LogP contribution in [0.25, 0.3) is 0 Å². The van der Waals surface area contributed by atoms with Crippen LogP contribution >= 0.6 is 0 Å². The topological polar surface area (TPSA) is 53.0 Å². The Kier molecular flexibility index (Phi) is 6.44. The van der Waals surface area contributed by atoms with Crippen LogP contribution in [0.3, 0.4) is 0 Å². The number of amidine groups is 1. The van der Waals surface area contributed by atoms with Gasteiger partial charge in [-0.25, -0.2) is 4.39 Å². The second-order valence-electron chi connectivity index (χ2n) is 7.46. The lowest BCUT2D eigenvalue weighted by atomic mass is 10.1. The van der Waals surface area contributed by atoms with Crippen LogP contribution < -0.4 is 0 Å². The van der Waals surface area contributed by atoms with Gasteiger partial charge in [0, 0.05) is 38.3 Å². The predicted octanol–water partition coefficient (Wildman–Crippen LogP) is 3.78. The number of sulfonamides is 1. The van der Waals surface area contributed by atoms with Gasteiger partial charge in [-0.1, -0.05) is 60.7 Å². The zero-order valence-corrected chi connectivity index (χ0v) is 17.9. The highest BCUT2D eigenvalue weighted by molar-refractivity contribution is 7.90. The predicted molar refractivity (Wildman–Crippen MR) is 120 cm³/mol. The van der Waals surface area contributed by atoms with Crippen LogP contribution in [-0.4, -0.2) is 50.2 Å². The summed E-state index contributed by atoms with van der Waals surface area (Å²) in [6.07, 6.45) is 0. The Bertz CT molecular complexity index is 1130. The van der Waals surface area contributed by atoms with Gasteiger partial charge < -0.3 is 4.90 Å². The van der Waals surface area contributed by atoms with Gasteiger partial charge in [0.15, 0.2) is 0 Å². The van der Waals surface area contributed by atoms with Crippen LogP contribution in [0, 0.1) is 5.82 Å². The summed E-state index contributed by atoms with van der Waals surface area (Å²) in [4.78, 5) is 4.34. The smallest absolute Gasteiger partial charge is 0.284 e. The summed E-state index contributed by atoms with van der Waals surface area (Å²) < 4.78 is 43.3. The molecule has 3 aromatic carbocycles. The van der Waals surface area contributed by atoms with E-state index in [9.17, 15) is 12.8 Å². The number of halogens is 1. The molecule has 4 rings (SSSR count). The van der Waals surface area contributed by atoms with Crippen LogP contribution in [0.4, 0.5) is 4.39 Å². The van der Waals surface area contributed by atoms with Gasteiger partial charge >= 0.3 is 0 Å². The van der Waals surface area contributed by atoms with Crippen molar-refractivity contribution in [2.45, 2.75) is 11.4 Å². The molecule has 3 aromatic rings. The quantitative estimate of drug-likeness (QED) is 0.450. The Balaban J connectivity index is 1.57. The maximum absolute atomic E-state index is 13.2. The Labute approximate surface area is 182 Å². The molecule has 1 fully saturated rings. The second-order valence-corrected chi connectivity index (χ2v) is 9.06. The Morgan fingerprint density at radius 2 is 1.39 bits per heavy atom. The van der Waals surface area contributed by atoms with E-state index in [1.54, 1.807) is 0 Å². The highest BCUT2D eigenvalue weighted by Crippen LogP contribution is 2.18. The standard InChI is InChI=1S/C24H24FN3O2S/c25-22-11-13-23(14-12-22)31(29,30)26-24(21-9-5-2-6-10-21)28-17-15-27(16-18-28)19-20-7-3-1-4-8-20/h1-14H,15-19H2/b26-24+. The monoisotopic (exact) mass is 437 g/mol. The number of hydrogen-bond acceptors (Lipinski definition) is 3. The van der Waals surface area contributed by atoms with Crippen LogP contribution in [0.2, 0.25) is 0 Å². The first-order valence-electron chi connectivity index (χ1n) is 10.2. The van der Waals surface area contributed by atoms with Crippen molar-refractivity contribution in [1.82, 2.24) is 9.80 Å². The summed E-state index contributed by atoms with van der Waals surface area (Å²) in [7, 11) is -3.97.